The van der Waals surface area contributed by atoms with Gasteiger partial charge in [-0.25, -0.2) is 12.7 Å². The molecule has 30 heavy (non-hydrogen) atoms. The molecule has 2 amide bonds. The largest absolute Gasteiger partial charge is 0.482 e. The minimum absolute atomic E-state index is 0.0474. The number of fused-ring (bicyclic) bond motifs is 1. The maximum atomic E-state index is 12.6. The number of rotatable bonds is 6. The summed E-state index contributed by atoms with van der Waals surface area (Å²) in [5, 5.41) is 2.76. The van der Waals surface area contributed by atoms with Crippen LogP contribution in [-0.4, -0.2) is 51.8 Å². The summed E-state index contributed by atoms with van der Waals surface area (Å²) in [7, 11) is -0.683. The van der Waals surface area contributed by atoms with E-state index < -0.39 is 15.9 Å². The van der Waals surface area contributed by atoms with Crippen molar-refractivity contribution in [1.82, 2.24) is 4.31 Å². The standard InChI is InChI=1S/C21H23N3O5S/c1-14(2)12-24-18-11-16(7-10-19(18)29-13-20(24)25)22-21(26)15-5-8-17(9-6-15)30(27,28)23(3)4/h5-11H,1,12-13H2,2-4H3,(H,22,26). The molecular formula is C21H23N3O5S. The van der Waals surface area contributed by atoms with Gasteiger partial charge in [-0.3, -0.25) is 9.59 Å². The van der Waals surface area contributed by atoms with Gasteiger partial charge >= 0.3 is 0 Å². The highest BCUT2D eigenvalue weighted by atomic mass is 32.2. The predicted molar refractivity (Wildman–Crippen MR) is 114 cm³/mol. The van der Waals surface area contributed by atoms with Crippen LogP contribution in [0.5, 0.6) is 5.75 Å². The van der Waals surface area contributed by atoms with E-state index in [0.717, 1.165) is 9.88 Å². The van der Waals surface area contributed by atoms with Crippen LogP contribution in [0.2, 0.25) is 0 Å². The van der Waals surface area contributed by atoms with Gasteiger partial charge in [0.2, 0.25) is 10.0 Å². The van der Waals surface area contributed by atoms with E-state index in [1.807, 2.05) is 6.92 Å². The predicted octanol–water partition coefficient (Wildman–Crippen LogP) is 2.49. The molecule has 0 aliphatic carbocycles. The fraction of sp³-hybridized carbons (Fsp3) is 0.238. The van der Waals surface area contributed by atoms with Crippen LogP contribution >= 0.6 is 0 Å². The second kappa shape index (κ2) is 8.29. The van der Waals surface area contributed by atoms with Crippen LogP contribution in [0.1, 0.15) is 17.3 Å². The Labute approximate surface area is 175 Å². The Balaban J connectivity index is 1.82. The summed E-state index contributed by atoms with van der Waals surface area (Å²) in [6, 6.07) is 10.7. The number of carbonyl (C=O) groups excluding carboxylic acids is 2. The minimum atomic E-state index is -3.57. The average Bonchev–Trinajstić information content (AvgIpc) is 2.70. The van der Waals surface area contributed by atoms with Crippen molar-refractivity contribution < 1.29 is 22.7 Å². The molecule has 9 heteroatoms. The molecule has 1 aliphatic rings. The molecule has 0 saturated heterocycles. The van der Waals surface area contributed by atoms with Crippen LogP contribution in [-0.2, 0) is 14.8 Å². The highest BCUT2D eigenvalue weighted by Gasteiger charge is 2.26. The lowest BCUT2D eigenvalue weighted by molar-refractivity contribution is -0.121. The summed E-state index contributed by atoms with van der Waals surface area (Å²) in [5.41, 5.74) is 2.16. The van der Waals surface area contributed by atoms with Gasteiger partial charge in [0, 0.05) is 31.9 Å². The van der Waals surface area contributed by atoms with E-state index in [4.69, 9.17) is 4.74 Å². The first-order valence-electron chi connectivity index (χ1n) is 9.15. The molecule has 0 saturated carbocycles. The average molecular weight is 429 g/mol. The number of sulfonamides is 1. The normalized spacial score (nSPS) is 13.6. The van der Waals surface area contributed by atoms with Gasteiger partial charge in [0.05, 0.1) is 10.6 Å². The van der Waals surface area contributed by atoms with Crippen molar-refractivity contribution in [3.8, 4) is 5.75 Å². The zero-order valence-electron chi connectivity index (χ0n) is 17.0. The highest BCUT2D eigenvalue weighted by Crippen LogP contribution is 2.35. The van der Waals surface area contributed by atoms with Gasteiger partial charge in [0.25, 0.3) is 11.8 Å². The molecule has 0 aromatic heterocycles. The van der Waals surface area contributed by atoms with Crippen LogP contribution in [0.15, 0.2) is 59.5 Å². The van der Waals surface area contributed by atoms with Crippen molar-refractivity contribution in [2.75, 3.05) is 37.5 Å². The SMILES string of the molecule is C=C(C)CN1C(=O)COc2ccc(NC(=O)c3ccc(S(=O)(=O)N(C)C)cc3)cc21. The summed E-state index contributed by atoms with van der Waals surface area (Å²) in [4.78, 5) is 26.5. The molecule has 0 atom stereocenters. The topological polar surface area (TPSA) is 96.0 Å². The van der Waals surface area contributed by atoms with Crippen LogP contribution < -0.4 is 15.0 Å². The third kappa shape index (κ3) is 4.37. The number of ether oxygens (including phenoxy) is 1. The molecule has 2 aromatic rings. The molecule has 1 heterocycles. The molecule has 0 fully saturated rings. The summed E-state index contributed by atoms with van der Waals surface area (Å²) < 4.78 is 30.9. The van der Waals surface area contributed by atoms with E-state index >= 15 is 0 Å². The summed E-state index contributed by atoms with van der Waals surface area (Å²) in [6.45, 7) is 5.99. The molecular weight excluding hydrogens is 406 g/mol. The Hall–Kier alpha value is -3.17. The Morgan fingerprint density at radius 1 is 1.20 bits per heavy atom. The number of hydrogen-bond acceptors (Lipinski definition) is 5. The number of nitrogens with one attached hydrogen (secondary N) is 1. The lowest BCUT2D eigenvalue weighted by Crippen LogP contribution is -2.39. The summed E-state index contributed by atoms with van der Waals surface area (Å²) >= 11 is 0. The van der Waals surface area contributed by atoms with E-state index in [0.29, 0.717) is 29.2 Å². The summed E-state index contributed by atoms with van der Waals surface area (Å²) in [5.74, 6) is -0.0444. The zero-order chi connectivity index (χ0) is 22.1. The number of hydrogen-bond donors (Lipinski definition) is 1. The van der Waals surface area contributed by atoms with Crippen molar-refractivity contribution in [3.05, 3.63) is 60.2 Å². The van der Waals surface area contributed by atoms with Gasteiger partial charge < -0.3 is 15.0 Å². The first-order chi connectivity index (χ1) is 14.1. The summed E-state index contributed by atoms with van der Waals surface area (Å²) in [6.07, 6.45) is 0. The number of nitrogens with zero attached hydrogens (tertiary/aromatic N) is 2. The van der Waals surface area contributed by atoms with Gasteiger partial charge in [-0.15, -0.1) is 0 Å². The van der Waals surface area contributed by atoms with Crippen molar-refractivity contribution in [1.29, 1.82) is 0 Å². The quantitative estimate of drug-likeness (QED) is 0.712. The Morgan fingerprint density at radius 3 is 2.47 bits per heavy atom. The van der Waals surface area contributed by atoms with E-state index in [1.165, 1.54) is 38.4 Å². The molecule has 3 rings (SSSR count). The second-order valence-corrected chi connectivity index (χ2v) is 9.33. The third-order valence-electron chi connectivity index (χ3n) is 4.48. The van der Waals surface area contributed by atoms with E-state index in [-0.39, 0.29) is 17.4 Å². The molecule has 8 nitrogen and oxygen atoms in total. The number of anilines is 2. The van der Waals surface area contributed by atoms with Crippen molar-refractivity contribution in [2.24, 2.45) is 0 Å². The Morgan fingerprint density at radius 2 is 1.87 bits per heavy atom. The van der Waals surface area contributed by atoms with E-state index in [1.54, 1.807) is 23.1 Å². The molecule has 1 aliphatic heterocycles. The van der Waals surface area contributed by atoms with Gasteiger partial charge in [-0.1, -0.05) is 12.2 Å². The van der Waals surface area contributed by atoms with E-state index in [2.05, 4.69) is 11.9 Å². The molecule has 0 unspecified atom stereocenters. The molecule has 0 radical (unpaired) electrons. The molecule has 0 bridgehead atoms. The van der Waals surface area contributed by atoms with Crippen molar-refractivity contribution in [2.45, 2.75) is 11.8 Å². The molecule has 1 N–H and O–H groups in total. The number of benzene rings is 2. The van der Waals surface area contributed by atoms with Crippen LogP contribution in [0.4, 0.5) is 11.4 Å². The van der Waals surface area contributed by atoms with Gasteiger partial charge in [-0.05, 0) is 49.4 Å². The third-order valence-corrected chi connectivity index (χ3v) is 6.31. The maximum absolute atomic E-state index is 12.6. The number of carbonyl (C=O) groups is 2. The monoisotopic (exact) mass is 429 g/mol. The Kier molecular flexibility index (Phi) is 5.95. The number of amides is 2. The van der Waals surface area contributed by atoms with Crippen LogP contribution in [0, 0.1) is 0 Å². The van der Waals surface area contributed by atoms with E-state index in [9.17, 15) is 18.0 Å². The minimum Gasteiger partial charge on any atom is -0.482 e. The lowest BCUT2D eigenvalue weighted by atomic mass is 10.1. The van der Waals surface area contributed by atoms with Gasteiger partial charge in [-0.2, -0.15) is 0 Å². The fourth-order valence-corrected chi connectivity index (χ4v) is 3.82. The zero-order valence-corrected chi connectivity index (χ0v) is 17.8. The van der Waals surface area contributed by atoms with Crippen molar-refractivity contribution >= 4 is 33.2 Å². The van der Waals surface area contributed by atoms with Gasteiger partial charge in [0.1, 0.15) is 5.75 Å². The van der Waals surface area contributed by atoms with Crippen LogP contribution in [0.3, 0.4) is 0 Å². The van der Waals surface area contributed by atoms with Gasteiger partial charge in [0.15, 0.2) is 6.61 Å². The molecule has 158 valence electrons. The first kappa shape index (κ1) is 21.5. The molecule has 0 spiro atoms. The first-order valence-corrected chi connectivity index (χ1v) is 10.6. The van der Waals surface area contributed by atoms with Crippen molar-refractivity contribution in [3.63, 3.8) is 0 Å². The fourth-order valence-electron chi connectivity index (χ4n) is 2.92. The Bertz CT molecular complexity index is 1110. The highest BCUT2D eigenvalue weighted by molar-refractivity contribution is 7.89. The molecule has 2 aromatic carbocycles. The van der Waals surface area contributed by atoms with Crippen LogP contribution in [0.25, 0.3) is 0 Å². The maximum Gasteiger partial charge on any atom is 0.265 e. The smallest absolute Gasteiger partial charge is 0.265 e. The lowest BCUT2D eigenvalue weighted by Gasteiger charge is -2.30. The second-order valence-electron chi connectivity index (χ2n) is 7.17.